The molecule has 7 nitrogen and oxygen atoms in total. The summed E-state index contributed by atoms with van der Waals surface area (Å²) in [6.45, 7) is 11.2. The van der Waals surface area contributed by atoms with E-state index in [1.807, 2.05) is 52.8 Å². The zero-order valence-electron chi connectivity index (χ0n) is 19.4. The van der Waals surface area contributed by atoms with Gasteiger partial charge in [0.25, 0.3) is 5.91 Å². The third-order valence-corrected chi connectivity index (χ3v) is 6.18. The minimum atomic E-state index is -0.648. The Balaban J connectivity index is 1.99. The van der Waals surface area contributed by atoms with Gasteiger partial charge >= 0.3 is 6.03 Å². The number of nitrogens with one attached hydrogen (secondary N) is 2. The summed E-state index contributed by atoms with van der Waals surface area (Å²) in [6.07, 6.45) is 0.542. The number of hydrogen-bond acceptors (Lipinski definition) is 3. The van der Waals surface area contributed by atoms with E-state index in [1.165, 1.54) is 0 Å². The number of halogens is 1. The van der Waals surface area contributed by atoms with Crippen LogP contribution in [-0.4, -0.2) is 53.3 Å². The van der Waals surface area contributed by atoms with Crippen molar-refractivity contribution in [2.24, 2.45) is 11.8 Å². The zero-order chi connectivity index (χ0) is 23.6. The summed E-state index contributed by atoms with van der Waals surface area (Å²) in [5.74, 6) is 0.142. The van der Waals surface area contributed by atoms with Gasteiger partial charge < -0.3 is 15.5 Å². The lowest BCUT2D eigenvalue weighted by atomic mass is 9.95. The van der Waals surface area contributed by atoms with E-state index in [0.29, 0.717) is 47.3 Å². The molecule has 0 saturated heterocycles. The lowest BCUT2D eigenvalue weighted by molar-refractivity contribution is -0.137. The molecule has 2 atom stereocenters. The second kappa shape index (κ2) is 9.94. The van der Waals surface area contributed by atoms with Gasteiger partial charge in [-0.15, -0.1) is 0 Å². The molecule has 3 rings (SSSR count). The van der Waals surface area contributed by atoms with Crippen molar-refractivity contribution < 1.29 is 14.4 Å². The Kier molecular flexibility index (Phi) is 7.49. The zero-order valence-corrected chi connectivity index (χ0v) is 20.2. The highest BCUT2D eigenvalue weighted by Crippen LogP contribution is 2.39. The van der Waals surface area contributed by atoms with E-state index in [-0.39, 0.29) is 30.3 Å². The highest BCUT2D eigenvalue weighted by atomic mass is 35.5. The van der Waals surface area contributed by atoms with Crippen LogP contribution in [0.3, 0.4) is 0 Å². The molecular weight excluding hydrogens is 428 g/mol. The van der Waals surface area contributed by atoms with Gasteiger partial charge in [-0.3, -0.25) is 14.5 Å². The van der Waals surface area contributed by atoms with E-state index in [2.05, 4.69) is 10.6 Å². The number of urea groups is 1. The molecule has 0 aromatic heterocycles. The van der Waals surface area contributed by atoms with E-state index in [1.54, 1.807) is 15.9 Å². The van der Waals surface area contributed by atoms with E-state index < -0.39 is 12.1 Å². The summed E-state index contributed by atoms with van der Waals surface area (Å²) in [6, 6.07) is 5.68. The number of carbonyl (C=O) groups is 3. The fourth-order valence-electron chi connectivity index (χ4n) is 4.29. The number of benzene rings is 1. The highest BCUT2D eigenvalue weighted by molar-refractivity contribution is 6.31. The van der Waals surface area contributed by atoms with Crippen molar-refractivity contribution in [2.75, 3.05) is 19.6 Å². The van der Waals surface area contributed by atoms with E-state index in [4.69, 9.17) is 11.6 Å². The normalized spacial score (nSPS) is 19.6. The predicted octanol–water partition coefficient (Wildman–Crippen LogP) is 3.71. The minimum absolute atomic E-state index is 0.155. The topological polar surface area (TPSA) is 81.8 Å². The second-order valence-corrected chi connectivity index (χ2v) is 9.63. The third-order valence-electron chi connectivity index (χ3n) is 5.84. The monoisotopic (exact) mass is 460 g/mol. The molecule has 0 fully saturated rings. The predicted molar refractivity (Wildman–Crippen MR) is 125 cm³/mol. The second-order valence-electron chi connectivity index (χ2n) is 9.23. The number of likely N-dealkylation sites (N-methyl/N-ethyl adjacent to an activating group) is 1. The van der Waals surface area contributed by atoms with Crippen molar-refractivity contribution in [3.8, 4) is 0 Å². The quantitative estimate of drug-likeness (QED) is 0.620. The van der Waals surface area contributed by atoms with Gasteiger partial charge in [-0.2, -0.15) is 0 Å². The van der Waals surface area contributed by atoms with Gasteiger partial charge in [0.15, 0.2) is 0 Å². The standard InChI is InChI=1S/C24H33ClN4O3/c1-6-28-19-13-29(18(11-14(2)3)22(30)26-12-15(4)5)23(31)20(19)21(27-24(28)32)16-9-7-8-10-17(16)25/h7-10,14-15,18,21H,6,11-13H2,1-5H3,(H,26,30)(H,27,32)/t18-,21-/m0/s1. The molecule has 4 amide bonds. The van der Waals surface area contributed by atoms with Gasteiger partial charge in [0.1, 0.15) is 6.04 Å². The van der Waals surface area contributed by atoms with Crippen LogP contribution in [-0.2, 0) is 9.59 Å². The van der Waals surface area contributed by atoms with Crippen molar-refractivity contribution in [3.63, 3.8) is 0 Å². The molecule has 2 heterocycles. The Morgan fingerprint density at radius 2 is 1.88 bits per heavy atom. The lowest BCUT2D eigenvalue weighted by Crippen LogP contribution is -2.50. The molecule has 2 aliphatic heterocycles. The maximum Gasteiger partial charge on any atom is 0.322 e. The molecule has 0 radical (unpaired) electrons. The van der Waals surface area contributed by atoms with Gasteiger partial charge in [0.05, 0.1) is 23.9 Å². The molecule has 0 saturated carbocycles. The number of carbonyl (C=O) groups excluding carboxylic acids is 3. The first-order valence-electron chi connectivity index (χ1n) is 11.3. The van der Waals surface area contributed by atoms with Crippen LogP contribution in [0.5, 0.6) is 0 Å². The fourth-order valence-corrected chi connectivity index (χ4v) is 4.53. The average Bonchev–Trinajstić information content (AvgIpc) is 3.07. The van der Waals surface area contributed by atoms with Gasteiger partial charge in [-0.1, -0.05) is 57.5 Å². The van der Waals surface area contributed by atoms with E-state index in [0.717, 1.165) is 0 Å². The minimum Gasteiger partial charge on any atom is -0.354 e. The molecule has 2 N–H and O–H groups in total. The molecule has 174 valence electrons. The molecular formula is C24H33ClN4O3. The summed E-state index contributed by atoms with van der Waals surface area (Å²) in [7, 11) is 0. The Hall–Kier alpha value is -2.54. The first kappa shape index (κ1) is 24.1. The van der Waals surface area contributed by atoms with Crippen LogP contribution >= 0.6 is 11.6 Å². The maximum absolute atomic E-state index is 13.7. The van der Waals surface area contributed by atoms with Crippen LogP contribution in [0.25, 0.3) is 0 Å². The van der Waals surface area contributed by atoms with Gasteiger partial charge in [0, 0.05) is 18.1 Å². The Morgan fingerprint density at radius 1 is 1.19 bits per heavy atom. The van der Waals surface area contributed by atoms with Crippen LogP contribution in [0, 0.1) is 11.8 Å². The van der Waals surface area contributed by atoms with Crippen molar-refractivity contribution in [3.05, 3.63) is 46.1 Å². The Labute approximate surface area is 195 Å². The number of amides is 4. The van der Waals surface area contributed by atoms with Crippen molar-refractivity contribution in [2.45, 2.75) is 53.1 Å². The van der Waals surface area contributed by atoms with Crippen molar-refractivity contribution >= 4 is 29.4 Å². The van der Waals surface area contributed by atoms with Crippen LogP contribution in [0.4, 0.5) is 4.79 Å². The fraction of sp³-hybridized carbons (Fsp3) is 0.542. The summed E-state index contributed by atoms with van der Waals surface area (Å²) < 4.78 is 0. The molecule has 0 aliphatic carbocycles. The maximum atomic E-state index is 13.7. The van der Waals surface area contributed by atoms with E-state index >= 15 is 0 Å². The Bertz CT molecular complexity index is 928. The van der Waals surface area contributed by atoms with Crippen LogP contribution in [0.15, 0.2) is 35.5 Å². The van der Waals surface area contributed by atoms with Crippen molar-refractivity contribution in [1.29, 1.82) is 0 Å². The number of hydrogen-bond donors (Lipinski definition) is 2. The van der Waals surface area contributed by atoms with Crippen LogP contribution in [0.1, 0.15) is 52.6 Å². The molecule has 32 heavy (non-hydrogen) atoms. The van der Waals surface area contributed by atoms with Gasteiger partial charge in [-0.25, -0.2) is 4.79 Å². The SMILES string of the molecule is CCN1C(=O)N[C@@H](c2ccccc2Cl)C2=C1CN([C@@H](CC(C)C)C(=O)NCC(C)C)C2=O. The highest BCUT2D eigenvalue weighted by Gasteiger charge is 2.47. The number of nitrogens with zero attached hydrogens (tertiary/aromatic N) is 2. The number of rotatable bonds is 8. The largest absolute Gasteiger partial charge is 0.354 e. The molecule has 2 aliphatic rings. The van der Waals surface area contributed by atoms with Gasteiger partial charge in [0.2, 0.25) is 5.91 Å². The summed E-state index contributed by atoms with van der Waals surface area (Å²) in [5.41, 5.74) is 1.81. The molecule has 1 aromatic carbocycles. The molecule has 1 aromatic rings. The smallest absolute Gasteiger partial charge is 0.322 e. The van der Waals surface area contributed by atoms with Crippen molar-refractivity contribution in [1.82, 2.24) is 20.4 Å². The van der Waals surface area contributed by atoms with Crippen LogP contribution in [0.2, 0.25) is 5.02 Å². The summed E-state index contributed by atoms with van der Waals surface area (Å²) in [4.78, 5) is 42.9. The first-order chi connectivity index (χ1) is 15.1. The molecule has 0 unspecified atom stereocenters. The Morgan fingerprint density at radius 3 is 2.47 bits per heavy atom. The summed E-state index contributed by atoms with van der Waals surface area (Å²) in [5, 5.41) is 6.41. The third kappa shape index (κ3) is 4.77. The molecule has 0 bridgehead atoms. The van der Waals surface area contributed by atoms with E-state index in [9.17, 15) is 14.4 Å². The van der Waals surface area contributed by atoms with Gasteiger partial charge in [-0.05, 0) is 36.8 Å². The summed E-state index contributed by atoms with van der Waals surface area (Å²) >= 11 is 6.43. The molecule has 0 spiro atoms. The van der Waals surface area contributed by atoms with Crippen LogP contribution < -0.4 is 10.6 Å². The average molecular weight is 461 g/mol. The lowest BCUT2D eigenvalue weighted by Gasteiger charge is -2.33. The first-order valence-corrected chi connectivity index (χ1v) is 11.7. The molecule has 8 heteroatoms.